The van der Waals surface area contributed by atoms with E-state index in [1.165, 1.54) is 4.31 Å². The van der Waals surface area contributed by atoms with Crippen LogP contribution in [0.4, 0.5) is 0 Å². The topological polar surface area (TPSA) is 69.6 Å². The molecule has 1 aliphatic heterocycles. The van der Waals surface area contributed by atoms with Crippen molar-refractivity contribution >= 4 is 10.2 Å². The first-order valence-electron chi connectivity index (χ1n) is 6.42. The molecule has 0 amide bonds. The summed E-state index contributed by atoms with van der Waals surface area (Å²) in [5.41, 5.74) is 0. The Balaban J connectivity index is 2.24. The Morgan fingerprint density at radius 2 is 1.94 bits per heavy atom. The molecule has 1 unspecified atom stereocenters. The predicted molar refractivity (Wildman–Crippen MR) is 67.8 cm³/mol. The standard InChI is InChI=1S/C11H24N2O3S/c1-11(10-14)6-5-7-12-17(15,16)13-8-3-2-4-9-13/h11-12,14H,2-10H2,1H3. The van der Waals surface area contributed by atoms with Crippen LogP contribution in [-0.2, 0) is 10.2 Å². The van der Waals surface area contributed by atoms with Crippen LogP contribution in [0.2, 0.25) is 0 Å². The maximum absolute atomic E-state index is 11.9. The average molecular weight is 264 g/mol. The zero-order valence-corrected chi connectivity index (χ0v) is 11.4. The summed E-state index contributed by atoms with van der Waals surface area (Å²) in [6.07, 6.45) is 4.67. The first-order valence-corrected chi connectivity index (χ1v) is 7.86. The van der Waals surface area contributed by atoms with E-state index >= 15 is 0 Å². The average Bonchev–Trinajstić information content (AvgIpc) is 2.35. The van der Waals surface area contributed by atoms with Crippen LogP contribution in [0.3, 0.4) is 0 Å². The van der Waals surface area contributed by atoms with Crippen molar-refractivity contribution in [2.75, 3.05) is 26.2 Å². The van der Waals surface area contributed by atoms with Crippen molar-refractivity contribution < 1.29 is 13.5 Å². The third-order valence-electron chi connectivity index (χ3n) is 3.12. The highest BCUT2D eigenvalue weighted by molar-refractivity contribution is 7.87. The summed E-state index contributed by atoms with van der Waals surface area (Å²) in [4.78, 5) is 0. The van der Waals surface area contributed by atoms with Gasteiger partial charge in [-0.25, -0.2) is 4.72 Å². The molecule has 0 spiro atoms. The zero-order chi connectivity index (χ0) is 12.7. The van der Waals surface area contributed by atoms with Gasteiger partial charge < -0.3 is 5.11 Å². The smallest absolute Gasteiger partial charge is 0.279 e. The Morgan fingerprint density at radius 3 is 2.53 bits per heavy atom. The second-order valence-corrected chi connectivity index (χ2v) is 6.54. The normalized spacial score (nSPS) is 20.4. The number of hydrogen-bond donors (Lipinski definition) is 2. The molecule has 0 radical (unpaired) electrons. The minimum Gasteiger partial charge on any atom is -0.396 e. The maximum Gasteiger partial charge on any atom is 0.279 e. The molecule has 102 valence electrons. The van der Waals surface area contributed by atoms with Crippen molar-refractivity contribution in [3.05, 3.63) is 0 Å². The molecule has 1 aliphatic rings. The minimum absolute atomic E-state index is 0.166. The van der Waals surface area contributed by atoms with Gasteiger partial charge in [0.25, 0.3) is 10.2 Å². The molecule has 5 nitrogen and oxygen atoms in total. The van der Waals surface area contributed by atoms with Gasteiger partial charge in [-0.3, -0.25) is 0 Å². The number of nitrogens with one attached hydrogen (secondary N) is 1. The Bertz CT molecular complexity index is 300. The zero-order valence-electron chi connectivity index (χ0n) is 10.6. The van der Waals surface area contributed by atoms with E-state index in [2.05, 4.69) is 4.72 Å². The number of aliphatic hydroxyl groups excluding tert-OH is 1. The number of rotatable bonds is 7. The fourth-order valence-electron chi connectivity index (χ4n) is 1.94. The van der Waals surface area contributed by atoms with Crippen LogP contribution >= 0.6 is 0 Å². The summed E-state index contributed by atoms with van der Waals surface area (Å²) in [6.45, 7) is 3.87. The molecule has 0 saturated carbocycles. The van der Waals surface area contributed by atoms with Gasteiger partial charge >= 0.3 is 0 Å². The van der Waals surface area contributed by atoms with Gasteiger partial charge in [0.15, 0.2) is 0 Å². The molecule has 6 heteroatoms. The fraction of sp³-hybridized carbons (Fsp3) is 1.00. The van der Waals surface area contributed by atoms with Crippen molar-refractivity contribution in [2.45, 2.75) is 39.0 Å². The molecule has 0 bridgehead atoms. The second-order valence-electron chi connectivity index (χ2n) is 4.79. The van der Waals surface area contributed by atoms with E-state index in [1.807, 2.05) is 6.92 Å². The largest absolute Gasteiger partial charge is 0.396 e. The molecule has 0 aromatic rings. The van der Waals surface area contributed by atoms with Crippen LogP contribution in [0.15, 0.2) is 0 Å². The van der Waals surface area contributed by atoms with E-state index < -0.39 is 10.2 Å². The summed E-state index contributed by atoms with van der Waals surface area (Å²) in [5, 5.41) is 8.85. The van der Waals surface area contributed by atoms with Gasteiger partial charge in [-0.2, -0.15) is 12.7 Å². The van der Waals surface area contributed by atoms with Crippen molar-refractivity contribution in [2.24, 2.45) is 5.92 Å². The van der Waals surface area contributed by atoms with E-state index in [0.29, 0.717) is 19.6 Å². The van der Waals surface area contributed by atoms with Crippen LogP contribution in [0.5, 0.6) is 0 Å². The number of aliphatic hydroxyl groups is 1. The van der Waals surface area contributed by atoms with Crippen LogP contribution < -0.4 is 4.72 Å². The molecule has 1 atom stereocenters. The Kier molecular flexibility index (Phi) is 6.40. The summed E-state index contributed by atoms with van der Waals surface area (Å²) < 4.78 is 27.9. The van der Waals surface area contributed by atoms with Crippen LogP contribution in [-0.4, -0.2) is 44.1 Å². The summed E-state index contributed by atoms with van der Waals surface area (Å²) in [7, 11) is -3.27. The maximum atomic E-state index is 11.9. The lowest BCUT2D eigenvalue weighted by molar-refractivity contribution is 0.228. The molecule has 17 heavy (non-hydrogen) atoms. The highest BCUT2D eigenvalue weighted by atomic mass is 32.2. The number of piperidine rings is 1. The third-order valence-corrected chi connectivity index (χ3v) is 4.74. The van der Waals surface area contributed by atoms with Crippen molar-refractivity contribution in [3.8, 4) is 0 Å². The first-order chi connectivity index (χ1) is 8.06. The Morgan fingerprint density at radius 1 is 1.29 bits per heavy atom. The third kappa shape index (κ3) is 5.33. The molecular formula is C11H24N2O3S. The van der Waals surface area contributed by atoms with Crippen molar-refractivity contribution in [1.29, 1.82) is 0 Å². The monoisotopic (exact) mass is 264 g/mol. The summed E-state index contributed by atoms with van der Waals surface area (Å²) >= 11 is 0. The van der Waals surface area contributed by atoms with Crippen molar-refractivity contribution in [1.82, 2.24) is 9.03 Å². The molecule has 0 aromatic heterocycles. The SMILES string of the molecule is CC(CO)CCCNS(=O)(=O)N1CCCCC1. The van der Waals surface area contributed by atoms with Gasteiger partial charge in [0, 0.05) is 26.2 Å². The predicted octanol–water partition coefficient (Wildman–Crippen LogP) is 0.715. The van der Waals surface area contributed by atoms with Crippen LogP contribution in [0.1, 0.15) is 39.0 Å². The van der Waals surface area contributed by atoms with Gasteiger partial charge in [-0.15, -0.1) is 0 Å². The molecule has 1 saturated heterocycles. The van der Waals surface area contributed by atoms with Crippen LogP contribution in [0, 0.1) is 5.92 Å². The minimum atomic E-state index is -3.27. The lowest BCUT2D eigenvalue weighted by atomic mass is 10.1. The van der Waals surface area contributed by atoms with Gasteiger partial charge in [-0.1, -0.05) is 13.3 Å². The van der Waals surface area contributed by atoms with Crippen LogP contribution in [0.25, 0.3) is 0 Å². The Hall–Kier alpha value is -0.170. The van der Waals surface area contributed by atoms with E-state index in [4.69, 9.17) is 5.11 Å². The molecule has 1 heterocycles. The lowest BCUT2D eigenvalue weighted by Gasteiger charge is -2.25. The fourth-order valence-corrected chi connectivity index (χ4v) is 3.26. The quantitative estimate of drug-likeness (QED) is 0.666. The summed E-state index contributed by atoms with van der Waals surface area (Å²) in [6, 6.07) is 0. The van der Waals surface area contributed by atoms with Gasteiger partial charge in [-0.05, 0) is 31.6 Å². The van der Waals surface area contributed by atoms with E-state index in [1.54, 1.807) is 0 Å². The lowest BCUT2D eigenvalue weighted by Crippen LogP contribution is -2.43. The molecule has 2 N–H and O–H groups in total. The van der Waals surface area contributed by atoms with Gasteiger partial charge in [0.05, 0.1) is 0 Å². The molecule has 1 fully saturated rings. The van der Waals surface area contributed by atoms with E-state index in [9.17, 15) is 8.42 Å². The number of nitrogens with zero attached hydrogens (tertiary/aromatic N) is 1. The van der Waals surface area contributed by atoms with E-state index in [-0.39, 0.29) is 12.5 Å². The van der Waals surface area contributed by atoms with Gasteiger partial charge in [0.2, 0.25) is 0 Å². The molecule has 1 rings (SSSR count). The highest BCUT2D eigenvalue weighted by Crippen LogP contribution is 2.12. The summed E-state index contributed by atoms with van der Waals surface area (Å²) in [5.74, 6) is 0.245. The first kappa shape index (κ1) is 14.9. The Labute approximate surface area is 104 Å². The molecule has 0 aromatic carbocycles. The molecule has 0 aliphatic carbocycles. The second kappa shape index (κ2) is 7.31. The van der Waals surface area contributed by atoms with E-state index in [0.717, 1.165) is 32.1 Å². The molecular weight excluding hydrogens is 240 g/mol. The van der Waals surface area contributed by atoms with Gasteiger partial charge in [0.1, 0.15) is 0 Å². The highest BCUT2D eigenvalue weighted by Gasteiger charge is 2.22. The van der Waals surface area contributed by atoms with Crippen molar-refractivity contribution in [3.63, 3.8) is 0 Å². The number of hydrogen-bond acceptors (Lipinski definition) is 3.